The summed E-state index contributed by atoms with van der Waals surface area (Å²) >= 11 is 6.67. The van der Waals surface area contributed by atoms with Crippen molar-refractivity contribution in [1.82, 2.24) is 0 Å². The van der Waals surface area contributed by atoms with E-state index in [2.05, 4.69) is 31.2 Å². The lowest BCUT2D eigenvalue weighted by Crippen LogP contribution is -2.55. The van der Waals surface area contributed by atoms with Gasteiger partial charge in [0.05, 0.1) is 32.0 Å². The Bertz CT molecular complexity index is 1480. The summed E-state index contributed by atoms with van der Waals surface area (Å²) in [6.07, 6.45) is 0.603. The lowest BCUT2D eigenvalue weighted by atomic mass is 9.88. The minimum Gasteiger partial charge on any atom is -0.491 e. The summed E-state index contributed by atoms with van der Waals surface area (Å²) in [5, 5.41) is 0.582. The van der Waals surface area contributed by atoms with Gasteiger partial charge >= 0.3 is 0 Å². The van der Waals surface area contributed by atoms with Crippen molar-refractivity contribution in [3.05, 3.63) is 136 Å². The molecular formula is C37H40ClFO5. The molecule has 5 nitrogen and oxygen atoms in total. The molecule has 4 aromatic carbocycles. The molecular weight excluding hydrogens is 579 g/mol. The van der Waals surface area contributed by atoms with Crippen molar-refractivity contribution >= 4 is 11.6 Å². The van der Waals surface area contributed by atoms with Gasteiger partial charge in [-0.3, -0.25) is 0 Å². The number of benzene rings is 4. The number of methoxy groups -OCH3 is 1. The van der Waals surface area contributed by atoms with E-state index in [0.29, 0.717) is 44.1 Å². The second-order valence-corrected chi connectivity index (χ2v) is 11.4. The summed E-state index contributed by atoms with van der Waals surface area (Å²) in [6.45, 7) is 5.19. The van der Waals surface area contributed by atoms with Gasteiger partial charge < -0.3 is 23.7 Å². The molecule has 0 aromatic heterocycles. The van der Waals surface area contributed by atoms with Crippen molar-refractivity contribution in [3.63, 3.8) is 0 Å². The van der Waals surface area contributed by atoms with Crippen molar-refractivity contribution in [2.45, 2.75) is 70.4 Å². The number of hydrogen-bond acceptors (Lipinski definition) is 5. The standard InChI is InChI=1S/C37H40ClFO5/c1-4-33-36(43-25-27-14-10-7-11-15-27)35(42-24-26-12-8-6-9-13-26)23-37(40-3,44-33)30-17-18-31(38)29(22-30)20-28-16-19-34(41-5-2)32(39)21-28/h6-19,21-22,33,35-36H,4-5,20,23-25H2,1-3H3/t33?,35?,36-,37-/m1/s1. The van der Waals surface area contributed by atoms with Crippen LogP contribution in [0.25, 0.3) is 0 Å². The van der Waals surface area contributed by atoms with Gasteiger partial charge in [0.1, 0.15) is 6.10 Å². The molecule has 1 aliphatic heterocycles. The van der Waals surface area contributed by atoms with Gasteiger partial charge in [-0.1, -0.05) is 91.3 Å². The van der Waals surface area contributed by atoms with Crippen LogP contribution in [0, 0.1) is 5.82 Å². The van der Waals surface area contributed by atoms with Crippen LogP contribution in [-0.4, -0.2) is 32.0 Å². The smallest absolute Gasteiger partial charge is 0.197 e. The summed E-state index contributed by atoms with van der Waals surface area (Å²) in [5.74, 6) is -1.26. The molecule has 1 aliphatic rings. The number of halogens is 2. The van der Waals surface area contributed by atoms with E-state index in [0.717, 1.165) is 27.8 Å². The minimum atomic E-state index is -1.10. The molecule has 0 aliphatic carbocycles. The van der Waals surface area contributed by atoms with Gasteiger partial charge in [-0.15, -0.1) is 0 Å². The van der Waals surface area contributed by atoms with E-state index in [9.17, 15) is 4.39 Å². The van der Waals surface area contributed by atoms with E-state index < -0.39 is 11.6 Å². The quantitative estimate of drug-likeness (QED) is 0.150. The average Bonchev–Trinajstić information content (AvgIpc) is 3.06. The van der Waals surface area contributed by atoms with Crippen LogP contribution in [0.3, 0.4) is 0 Å². The van der Waals surface area contributed by atoms with Gasteiger partial charge in [0.15, 0.2) is 17.4 Å². The Morgan fingerprint density at radius 1 is 0.841 bits per heavy atom. The molecule has 1 saturated heterocycles. The summed E-state index contributed by atoms with van der Waals surface area (Å²) in [6, 6.07) is 31.0. The van der Waals surface area contributed by atoms with E-state index in [1.54, 1.807) is 13.2 Å². The van der Waals surface area contributed by atoms with E-state index >= 15 is 0 Å². The van der Waals surface area contributed by atoms with Gasteiger partial charge in [-0.25, -0.2) is 4.39 Å². The lowest BCUT2D eigenvalue weighted by Gasteiger charge is -2.47. The van der Waals surface area contributed by atoms with E-state index in [-0.39, 0.29) is 24.1 Å². The fourth-order valence-electron chi connectivity index (χ4n) is 5.74. The largest absolute Gasteiger partial charge is 0.491 e. The topological polar surface area (TPSA) is 46.2 Å². The Labute approximate surface area is 264 Å². The van der Waals surface area contributed by atoms with Crippen molar-refractivity contribution in [1.29, 1.82) is 0 Å². The highest BCUT2D eigenvalue weighted by atomic mass is 35.5. The van der Waals surface area contributed by atoms with E-state index in [1.165, 1.54) is 6.07 Å². The predicted octanol–water partition coefficient (Wildman–Crippen LogP) is 8.64. The third kappa shape index (κ3) is 7.68. The molecule has 0 radical (unpaired) electrons. The Balaban J connectivity index is 1.43. The van der Waals surface area contributed by atoms with Crippen LogP contribution in [0.5, 0.6) is 5.75 Å². The maximum atomic E-state index is 14.6. The molecule has 0 amide bonds. The highest BCUT2D eigenvalue weighted by Gasteiger charge is 2.49. The maximum absolute atomic E-state index is 14.6. The normalized spacial score (nSPS) is 21.7. The first kappa shape index (κ1) is 32.1. The molecule has 1 fully saturated rings. The van der Waals surface area contributed by atoms with Crippen LogP contribution in [0.15, 0.2) is 97.1 Å². The summed E-state index contributed by atoms with van der Waals surface area (Å²) in [5.41, 5.74) is 4.60. The van der Waals surface area contributed by atoms with Gasteiger partial charge in [0, 0.05) is 24.1 Å². The highest BCUT2D eigenvalue weighted by molar-refractivity contribution is 6.31. The van der Waals surface area contributed by atoms with Crippen LogP contribution in [-0.2, 0) is 44.4 Å². The summed E-state index contributed by atoms with van der Waals surface area (Å²) < 4.78 is 46.2. The summed E-state index contributed by atoms with van der Waals surface area (Å²) in [7, 11) is 1.66. The number of rotatable bonds is 13. The van der Waals surface area contributed by atoms with Crippen LogP contribution in [0.4, 0.5) is 4.39 Å². The van der Waals surface area contributed by atoms with E-state index in [1.807, 2.05) is 67.6 Å². The molecule has 0 saturated carbocycles. The second-order valence-electron chi connectivity index (χ2n) is 11.0. The van der Waals surface area contributed by atoms with E-state index in [4.69, 9.17) is 35.3 Å². The molecule has 232 valence electrons. The zero-order chi connectivity index (χ0) is 30.9. The van der Waals surface area contributed by atoms with Crippen molar-refractivity contribution in [3.8, 4) is 5.75 Å². The van der Waals surface area contributed by atoms with Gasteiger partial charge in [0.2, 0.25) is 0 Å². The predicted molar refractivity (Wildman–Crippen MR) is 170 cm³/mol. The molecule has 0 N–H and O–H groups in total. The maximum Gasteiger partial charge on any atom is 0.197 e. The van der Waals surface area contributed by atoms with Crippen LogP contribution < -0.4 is 4.74 Å². The van der Waals surface area contributed by atoms with Crippen LogP contribution >= 0.6 is 11.6 Å². The fraction of sp³-hybridized carbons (Fsp3) is 0.351. The van der Waals surface area contributed by atoms with Gasteiger partial charge in [0.25, 0.3) is 0 Å². The highest BCUT2D eigenvalue weighted by Crippen LogP contribution is 2.43. The molecule has 7 heteroatoms. The first-order chi connectivity index (χ1) is 21.4. The second kappa shape index (κ2) is 15.2. The Morgan fingerprint density at radius 3 is 2.14 bits per heavy atom. The van der Waals surface area contributed by atoms with Crippen molar-refractivity contribution in [2.75, 3.05) is 13.7 Å². The third-order valence-electron chi connectivity index (χ3n) is 8.05. The van der Waals surface area contributed by atoms with Gasteiger partial charge in [-0.05, 0) is 66.3 Å². The fourth-order valence-corrected chi connectivity index (χ4v) is 5.92. The van der Waals surface area contributed by atoms with Crippen molar-refractivity contribution < 1.29 is 28.1 Å². The first-order valence-electron chi connectivity index (χ1n) is 15.2. The monoisotopic (exact) mass is 618 g/mol. The molecule has 0 spiro atoms. The van der Waals surface area contributed by atoms with Gasteiger partial charge in [-0.2, -0.15) is 0 Å². The Morgan fingerprint density at radius 2 is 1.52 bits per heavy atom. The molecule has 44 heavy (non-hydrogen) atoms. The average molecular weight is 619 g/mol. The molecule has 4 atom stereocenters. The van der Waals surface area contributed by atoms with Crippen LogP contribution in [0.2, 0.25) is 5.02 Å². The number of hydrogen-bond donors (Lipinski definition) is 0. The molecule has 1 heterocycles. The van der Waals surface area contributed by atoms with Crippen molar-refractivity contribution in [2.24, 2.45) is 0 Å². The third-order valence-corrected chi connectivity index (χ3v) is 8.41. The first-order valence-corrected chi connectivity index (χ1v) is 15.6. The Hall–Kier alpha value is -3.26. The zero-order valence-electron chi connectivity index (χ0n) is 25.5. The zero-order valence-corrected chi connectivity index (χ0v) is 26.3. The molecule has 4 aromatic rings. The molecule has 5 rings (SSSR count). The van der Waals surface area contributed by atoms with Crippen LogP contribution in [0.1, 0.15) is 54.5 Å². The number of ether oxygens (including phenoxy) is 5. The SMILES string of the molecule is CCOc1ccc(Cc2cc([C@@]3(OC)CC(OCc4ccccc4)[C@H](OCc4ccccc4)C(CC)O3)ccc2Cl)cc1F. The molecule has 0 bridgehead atoms. The Kier molecular flexibility index (Phi) is 11.1. The minimum absolute atomic E-state index is 0.237. The summed E-state index contributed by atoms with van der Waals surface area (Å²) in [4.78, 5) is 0. The molecule has 2 unspecified atom stereocenters. The lowest BCUT2D eigenvalue weighted by molar-refractivity contribution is -0.331.